The topological polar surface area (TPSA) is 70.6 Å². The molecule has 2 rings (SSSR count). The van der Waals surface area contributed by atoms with E-state index in [1.165, 1.54) is 6.07 Å². The molecule has 1 amide bonds. The van der Waals surface area contributed by atoms with Crippen molar-refractivity contribution in [3.05, 3.63) is 28.2 Å². The maximum Gasteiger partial charge on any atom is 0.573 e. The van der Waals surface area contributed by atoms with Gasteiger partial charge in [0.1, 0.15) is 5.75 Å². The SMILES string of the molecule is O=C(O)NC1CCC(NCc2ccc(Br)cc2OC(F)(F)F)CC1. The fourth-order valence-electron chi connectivity index (χ4n) is 2.76. The second-order valence-electron chi connectivity index (χ2n) is 5.68. The van der Waals surface area contributed by atoms with E-state index >= 15 is 0 Å². The third kappa shape index (κ3) is 6.20. The average molecular weight is 411 g/mol. The maximum atomic E-state index is 12.5. The number of benzene rings is 1. The molecular weight excluding hydrogens is 393 g/mol. The van der Waals surface area contributed by atoms with Crippen molar-refractivity contribution in [1.29, 1.82) is 0 Å². The van der Waals surface area contributed by atoms with Crippen LogP contribution in [0.3, 0.4) is 0 Å². The Balaban J connectivity index is 1.89. The first-order chi connectivity index (χ1) is 11.2. The van der Waals surface area contributed by atoms with E-state index in [0.29, 0.717) is 22.9 Å². The van der Waals surface area contributed by atoms with Crippen molar-refractivity contribution in [2.24, 2.45) is 0 Å². The molecule has 3 N–H and O–H groups in total. The highest BCUT2D eigenvalue weighted by Crippen LogP contribution is 2.30. The van der Waals surface area contributed by atoms with Crippen molar-refractivity contribution >= 4 is 22.0 Å². The Bertz CT molecular complexity index is 576. The summed E-state index contributed by atoms with van der Waals surface area (Å²) in [5.74, 6) is -0.231. The number of ether oxygens (including phenoxy) is 1. The molecule has 5 nitrogen and oxygen atoms in total. The van der Waals surface area contributed by atoms with Crippen molar-refractivity contribution in [1.82, 2.24) is 10.6 Å². The number of rotatable bonds is 5. The lowest BCUT2D eigenvalue weighted by Gasteiger charge is -2.29. The number of alkyl halides is 3. The van der Waals surface area contributed by atoms with Gasteiger partial charge in [0, 0.05) is 28.7 Å². The summed E-state index contributed by atoms with van der Waals surface area (Å²) < 4.78 is 42.0. The van der Waals surface area contributed by atoms with Gasteiger partial charge in [-0.25, -0.2) is 4.79 Å². The predicted molar refractivity (Wildman–Crippen MR) is 84.9 cm³/mol. The van der Waals surface area contributed by atoms with Gasteiger partial charge in [-0.2, -0.15) is 0 Å². The van der Waals surface area contributed by atoms with Crippen LogP contribution in [0.15, 0.2) is 22.7 Å². The fraction of sp³-hybridized carbons (Fsp3) is 0.533. The van der Waals surface area contributed by atoms with Gasteiger partial charge in [0.25, 0.3) is 0 Å². The van der Waals surface area contributed by atoms with Gasteiger partial charge < -0.3 is 20.5 Å². The Labute approximate surface area is 145 Å². The zero-order valence-corrected chi connectivity index (χ0v) is 14.3. The predicted octanol–water partition coefficient (Wildman–Crippen LogP) is 4.02. The zero-order valence-electron chi connectivity index (χ0n) is 12.7. The van der Waals surface area contributed by atoms with E-state index in [9.17, 15) is 18.0 Å². The van der Waals surface area contributed by atoms with Crippen LogP contribution in [0.5, 0.6) is 5.75 Å². The molecule has 0 radical (unpaired) electrons. The molecule has 1 aliphatic rings. The van der Waals surface area contributed by atoms with Crippen molar-refractivity contribution in [3.63, 3.8) is 0 Å². The molecule has 0 spiro atoms. The van der Waals surface area contributed by atoms with Crippen LogP contribution < -0.4 is 15.4 Å². The molecule has 0 aliphatic heterocycles. The number of halogens is 4. The summed E-state index contributed by atoms with van der Waals surface area (Å²) in [6.45, 7) is 0.250. The molecule has 1 aliphatic carbocycles. The van der Waals surface area contributed by atoms with E-state index in [2.05, 4.69) is 31.3 Å². The Kier molecular flexibility index (Phi) is 6.34. The highest BCUT2D eigenvalue weighted by Gasteiger charge is 2.32. The van der Waals surface area contributed by atoms with Crippen LogP contribution in [0.1, 0.15) is 31.2 Å². The second kappa shape index (κ2) is 8.06. The smallest absolute Gasteiger partial charge is 0.465 e. The lowest BCUT2D eigenvalue weighted by molar-refractivity contribution is -0.274. The van der Waals surface area contributed by atoms with E-state index in [0.717, 1.165) is 12.8 Å². The molecule has 1 aromatic rings. The van der Waals surface area contributed by atoms with Crippen LogP contribution >= 0.6 is 15.9 Å². The molecule has 0 aromatic heterocycles. The molecule has 1 fully saturated rings. The Morgan fingerprint density at radius 2 is 1.88 bits per heavy atom. The molecule has 0 bridgehead atoms. The number of hydrogen-bond acceptors (Lipinski definition) is 3. The standard InChI is InChI=1S/C15H18BrF3N2O3/c16-10-2-1-9(13(7-10)24-15(17,18)19)8-20-11-3-5-12(6-4-11)21-14(22)23/h1-2,7,11-12,20-21H,3-6,8H2,(H,22,23). The second-order valence-corrected chi connectivity index (χ2v) is 6.59. The van der Waals surface area contributed by atoms with Gasteiger partial charge in [-0.15, -0.1) is 13.2 Å². The van der Waals surface area contributed by atoms with E-state index < -0.39 is 12.5 Å². The van der Waals surface area contributed by atoms with Gasteiger partial charge >= 0.3 is 12.5 Å². The zero-order chi connectivity index (χ0) is 17.7. The van der Waals surface area contributed by atoms with Crippen LogP contribution in [-0.4, -0.2) is 29.6 Å². The van der Waals surface area contributed by atoms with Crippen molar-refractivity contribution in [2.75, 3.05) is 0 Å². The van der Waals surface area contributed by atoms with Crippen molar-refractivity contribution in [2.45, 2.75) is 50.7 Å². The summed E-state index contributed by atoms with van der Waals surface area (Å²) in [6.07, 6.45) is -2.84. The number of carboxylic acid groups (broad SMARTS) is 1. The van der Waals surface area contributed by atoms with Crippen molar-refractivity contribution in [3.8, 4) is 5.75 Å². The molecule has 9 heteroatoms. The number of carbonyl (C=O) groups is 1. The van der Waals surface area contributed by atoms with Gasteiger partial charge in [-0.3, -0.25) is 0 Å². The average Bonchev–Trinajstić information content (AvgIpc) is 2.46. The lowest BCUT2D eigenvalue weighted by Crippen LogP contribution is -2.41. The molecule has 0 unspecified atom stereocenters. The minimum Gasteiger partial charge on any atom is -0.465 e. The van der Waals surface area contributed by atoms with Gasteiger partial charge in [-0.05, 0) is 37.8 Å². The first kappa shape index (κ1) is 18.9. The summed E-state index contributed by atoms with van der Waals surface area (Å²) in [4.78, 5) is 10.6. The molecule has 0 atom stereocenters. The van der Waals surface area contributed by atoms with Gasteiger partial charge in [0.05, 0.1) is 0 Å². The van der Waals surface area contributed by atoms with Gasteiger partial charge in [-0.1, -0.05) is 22.0 Å². The molecular formula is C15H18BrF3N2O3. The summed E-state index contributed by atoms with van der Waals surface area (Å²) in [5.41, 5.74) is 0.418. The fourth-order valence-corrected chi connectivity index (χ4v) is 3.10. The highest BCUT2D eigenvalue weighted by molar-refractivity contribution is 9.10. The summed E-state index contributed by atoms with van der Waals surface area (Å²) in [5, 5.41) is 14.4. The van der Waals surface area contributed by atoms with E-state index in [4.69, 9.17) is 5.11 Å². The van der Waals surface area contributed by atoms with Crippen LogP contribution in [0.4, 0.5) is 18.0 Å². The molecule has 0 saturated heterocycles. The first-order valence-electron chi connectivity index (χ1n) is 7.50. The summed E-state index contributed by atoms with van der Waals surface area (Å²) in [7, 11) is 0. The van der Waals surface area contributed by atoms with Crippen molar-refractivity contribution < 1.29 is 27.8 Å². The van der Waals surface area contributed by atoms with Crippen LogP contribution in [0, 0.1) is 0 Å². The van der Waals surface area contributed by atoms with E-state index in [-0.39, 0.29) is 24.4 Å². The highest BCUT2D eigenvalue weighted by atomic mass is 79.9. The Hall–Kier alpha value is -1.48. The number of nitrogens with one attached hydrogen (secondary N) is 2. The Morgan fingerprint density at radius 3 is 2.46 bits per heavy atom. The van der Waals surface area contributed by atoms with Gasteiger partial charge in [0.2, 0.25) is 0 Å². The molecule has 1 saturated carbocycles. The summed E-state index contributed by atoms with van der Waals surface area (Å²) >= 11 is 3.14. The molecule has 0 heterocycles. The molecule has 24 heavy (non-hydrogen) atoms. The third-order valence-corrected chi connectivity index (χ3v) is 4.38. The molecule has 1 aromatic carbocycles. The third-order valence-electron chi connectivity index (χ3n) is 3.89. The minimum absolute atomic E-state index is 0.0580. The van der Waals surface area contributed by atoms with E-state index in [1.807, 2.05) is 0 Å². The van der Waals surface area contributed by atoms with Gasteiger partial charge in [0.15, 0.2) is 0 Å². The van der Waals surface area contributed by atoms with Crippen LogP contribution in [0.2, 0.25) is 0 Å². The molecule has 134 valence electrons. The number of hydrogen-bond donors (Lipinski definition) is 3. The maximum absolute atomic E-state index is 12.5. The quantitative estimate of drug-likeness (QED) is 0.685. The number of amides is 1. The first-order valence-corrected chi connectivity index (χ1v) is 8.29. The monoisotopic (exact) mass is 410 g/mol. The van der Waals surface area contributed by atoms with E-state index in [1.54, 1.807) is 12.1 Å². The normalized spacial score (nSPS) is 21.3. The van der Waals surface area contributed by atoms with Crippen LogP contribution in [-0.2, 0) is 6.54 Å². The lowest BCUT2D eigenvalue weighted by atomic mass is 9.91. The minimum atomic E-state index is -4.74. The summed E-state index contributed by atoms with van der Waals surface area (Å²) in [6, 6.07) is 4.61. The van der Waals surface area contributed by atoms with Crippen LogP contribution in [0.25, 0.3) is 0 Å². The largest absolute Gasteiger partial charge is 0.573 e. The Morgan fingerprint density at radius 1 is 1.25 bits per heavy atom.